The number of carbonyl (C=O) groups excluding carboxylic acids is 2. The molecule has 1 unspecified atom stereocenters. The minimum Gasteiger partial charge on any atom is -0.281 e. The maximum Gasteiger partial charge on any atom is 0.228 e. The quantitative estimate of drug-likeness (QED) is 0.692. The summed E-state index contributed by atoms with van der Waals surface area (Å²) in [7, 11) is 0. The van der Waals surface area contributed by atoms with E-state index in [0.717, 1.165) is 0 Å². The molecule has 0 N–H and O–H groups in total. The Morgan fingerprint density at radius 3 is 1.93 bits per heavy atom. The van der Waals surface area contributed by atoms with E-state index in [0.29, 0.717) is 12.8 Å². The summed E-state index contributed by atoms with van der Waals surface area (Å²) < 4.78 is 0. The van der Waals surface area contributed by atoms with Crippen molar-refractivity contribution < 1.29 is 9.59 Å². The molecule has 0 aromatic heterocycles. The summed E-state index contributed by atoms with van der Waals surface area (Å²) in [6.45, 7) is 5.57. The van der Waals surface area contributed by atoms with Gasteiger partial charge in [0.05, 0.1) is 0 Å². The van der Waals surface area contributed by atoms with E-state index in [1.165, 1.54) is 0 Å². The highest BCUT2D eigenvalue weighted by Crippen LogP contribution is 2.57. The molecule has 4 heteroatoms. The fourth-order valence-corrected chi connectivity index (χ4v) is 2.97. The second kappa shape index (κ2) is 3.49. The molecule has 14 heavy (non-hydrogen) atoms. The Morgan fingerprint density at radius 1 is 1.21 bits per heavy atom. The van der Waals surface area contributed by atoms with Gasteiger partial charge in [0.1, 0.15) is 0 Å². The van der Waals surface area contributed by atoms with Crippen LogP contribution in [0, 0.1) is 16.7 Å². The van der Waals surface area contributed by atoms with E-state index >= 15 is 0 Å². The maximum absolute atomic E-state index is 11.4. The summed E-state index contributed by atoms with van der Waals surface area (Å²) >= 11 is 11.1. The zero-order chi connectivity index (χ0) is 11.1. The number of hydrogen-bond donors (Lipinski definition) is 0. The van der Waals surface area contributed by atoms with E-state index in [2.05, 4.69) is 0 Å². The lowest BCUT2D eigenvalue weighted by Crippen LogP contribution is -2.40. The van der Waals surface area contributed by atoms with E-state index in [4.69, 9.17) is 23.2 Å². The Hall–Kier alpha value is -0.0800. The van der Waals surface area contributed by atoms with Crippen LogP contribution in [-0.2, 0) is 9.59 Å². The van der Waals surface area contributed by atoms with Crippen LogP contribution in [0.2, 0.25) is 0 Å². The minimum atomic E-state index is -0.635. The van der Waals surface area contributed by atoms with Crippen LogP contribution in [0.3, 0.4) is 0 Å². The predicted octanol–water partition coefficient (Wildman–Crippen LogP) is 2.96. The van der Waals surface area contributed by atoms with Crippen molar-refractivity contribution in [3.05, 3.63) is 0 Å². The molecule has 1 saturated carbocycles. The topological polar surface area (TPSA) is 34.1 Å². The highest BCUT2D eigenvalue weighted by atomic mass is 35.5. The van der Waals surface area contributed by atoms with Crippen molar-refractivity contribution in [2.45, 2.75) is 33.6 Å². The minimum absolute atomic E-state index is 0.267. The van der Waals surface area contributed by atoms with Gasteiger partial charge in [0, 0.05) is 11.3 Å². The van der Waals surface area contributed by atoms with Crippen molar-refractivity contribution in [3.63, 3.8) is 0 Å². The van der Waals surface area contributed by atoms with Gasteiger partial charge in [-0.15, -0.1) is 0 Å². The Balaban J connectivity index is 3.08. The van der Waals surface area contributed by atoms with Gasteiger partial charge in [0.25, 0.3) is 0 Å². The second-order valence-electron chi connectivity index (χ2n) is 4.72. The lowest BCUT2D eigenvalue weighted by atomic mass is 9.67. The third kappa shape index (κ3) is 1.49. The Kier molecular flexibility index (Phi) is 2.99. The van der Waals surface area contributed by atoms with Gasteiger partial charge in [-0.2, -0.15) is 0 Å². The molecule has 0 radical (unpaired) electrons. The van der Waals surface area contributed by atoms with Crippen molar-refractivity contribution >= 4 is 33.7 Å². The zero-order valence-electron chi connectivity index (χ0n) is 8.56. The zero-order valence-corrected chi connectivity index (χ0v) is 10.1. The summed E-state index contributed by atoms with van der Waals surface area (Å²) in [5.41, 5.74) is -1.09. The average molecular weight is 237 g/mol. The third-order valence-corrected chi connectivity index (χ3v) is 4.61. The van der Waals surface area contributed by atoms with Crippen molar-refractivity contribution in [2.75, 3.05) is 0 Å². The SMILES string of the molecule is CC1(C)C(C(=O)Cl)CC[C@]1(C)C(=O)Cl. The summed E-state index contributed by atoms with van der Waals surface area (Å²) in [4.78, 5) is 22.5. The molecule has 80 valence electrons. The molecule has 2 nitrogen and oxygen atoms in total. The Bertz CT molecular complexity index is 286. The molecule has 0 bridgehead atoms. The van der Waals surface area contributed by atoms with Crippen molar-refractivity contribution in [3.8, 4) is 0 Å². The highest BCUT2D eigenvalue weighted by molar-refractivity contribution is 6.65. The number of halogens is 2. The van der Waals surface area contributed by atoms with Gasteiger partial charge < -0.3 is 0 Å². The molecule has 0 aromatic carbocycles. The first-order chi connectivity index (χ1) is 6.23. The van der Waals surface area contributed by atoms with E-state index in [1.807, 2.05) is 20.8 Å². The average Bonchev–Trinajstić information content (AvgIpc) is 2.24. The molecule has 1 aliphatic rings. The molecule has 0 heterocycles. The Labute approximate surface area is 93.9 Å². The third-order valence-electron chi connectivity index (χ3n) is 3.93. The molecule has 0 aromatic rings. The highest BCUT2D eigenvalue weighted by Gasteiger charge is 2.57. The number of rotatable bonds is 2. The van der Waals surface area contributed by atoms with Crippen LogP contribution in [0.4, 0.5) is 0 Å². The molecular formula is C10H14Cl2O2. The van der Waals surface area contributed by atoms with E-state index in [1.54, 1.807) is 0 Å². The molecule has 0 aliphatic heterocycles. The first-order valence-corrected chi connectivity index (χ1v) is 5.38. The monoisotopic (exact) mass is 236 g/mol. The van der Waals surface area contributed by atoms with Crippen LogP contribution in [0.15, 0.2) is 0 Å². The van der Waals surface area contributed by atoms with Crippen LogP contribution in [-0.4, -0.2) is 10.5 Å². The molecule has 1 rings (SSSR count). The molecule has 2 atom stereocenters. The second-order valence-corrected chi connectivity index (χ2v) is 5.44. The predicted molar refractivity (Wildman–Crippen MR) is 56.3 cm³/mol. The largest absolute Gasteiger partial charge is 0.281 e. The summed E-state index contributed by atoms with van der Waals surface area (Å²) in [6, 6.07) is 0. The fraction of sp³-hybridized carbons (Fsp3) is 0.800. The van der Waals surface area contributed by atoms with Crippen molar-refractivity contribution in [1.29, 1.82) is 0 Å². The van der Waals surface area contributed by atoms with Gasteiger partial charge in [-0.05, 0) is 41.5 Å². The van der Waals surface area contributed by atoms with Crippen LogP contribution in [0.5, 0.6) is 0 Å². The van der Waals surface area contributed by atoms with E-state index in [-0.39, 0.29) is 16.4 Å². The molecule has 0 saturated heterocycles. The first kappa shape index (κ1) is 12.0. The summed E-state index contributed by atoms with van der Waals surface area (Å²) in [5, 5.41) is -0.737. The van der Waals surface area contributed by atoms with Crippen LogP contribution >= 0.6 is 23.2 Å². The normalized spacial score (nSPS) is 35.6. The van der Waals surface area contributed by atoms with Gasteiger partial charge in [-0.25, -0.2) is 0 Å². The fourth-order valence-electron chi connectivity index (χ4n) is 2.25. The van der Waals surface area contributed by atoms with Gasteiger partial charge >= 0.3 is 0 Å². The standard InChI is InChI=1S/C10H14Cl2O2/c1-9(2)6(7(11)13)4-5-10(9,3)8(12)14/h6H,4-5H2,1-3H3/t6?,10-/m1/s1. The van der Waals surface area contributed by atoms with Crippen molar-refractivity contribution in [2.24, 2.45) is 16.7 Å². The van der Waals surface area contributed by atoms with Gasteiger partial charge in [-0.1, -0.05) is 20.8 Å². The van der Waals surface area contributed by atoms with E-state index in [9.17, 15) is 9.59 Å². The maximum atomic E-state index is 11.4. The Morgan fingerprint density at radius 2 is 1.71 bits per heavy atom. The molecule has 0 amide bonds. The summed E-state index contributed by atoms with van der Waals surface area (Å²) in [5.74, 6) is -0.267. The van der Waals surface area contributed by atoms with Crippen LogP contribution in [0.1, 0.15) is 33.6 Å². The van der Waals surface area contributed by atoms with E-state index < -0.39 is 10.8 Å². The summed E-state index contributed by atoms with van der Waals surface area (Å²) in [6.07, 6.45) is 1.27. The van der Waals surface area contributed by atoms with Gasteiger partial charge in [0.15, 0.2) is 0 Å². The molecule has 0 spiro atoms. The lowest BCUT2D eigenvalue weighted by Gasteiger charge is -2.37. The van der Waals surface area contributed by atoms with Crippen molar-refractivity contribution in [1.82, 2.24) is 0 Å². The first-order valence-electron chi connectivity index (χ1n) is 4.63. The van der Waals surface area contributed by atoms with Crippen LogP contribution in [0.25, 0.3) is 0 Å². The molecular weight excluding hydrogens is 223 g/mol. The molecule has 1 fully saturated rings. The number of carbonyl (C=O) groups is 2. The lowest BCUT2D eigenvalue weighted by molar-refractivity contribution is -0.127. The molecule has 1 aliphatic carbocycles. The number of hydrogen-bond acceptors (Lipinski definition) is 2. The smallest absolute Gasteiger partial charge is 0.228 e. The van der Waals surface area contributed by atoms with Crippen LogP contribution < -0.4 is 0 Å². The van der Waals surface area contributed by atoms with Gasteiger partial charge in [0.2, 0.25) is 10.5 Å². The van der Waals surface area contributed by atoms with Gasteiger partial charge in [-0.3, -0.25) is 9.59 Å².